The van der Waals surface area contributed by atoms with Crippen molar-refractivity contribution < 1.29 is 23.9 Å². The summed E-state index contributed by atoms with van der Waals surface area (Å²) in [6, 6.07) is 14.5. The van der Waals surface area contributed by atoms with E-state index in [0.717, 1.165) is 24.3 Å². The molecule has 7 nitrogen and oxygen atoms in total. The van der Waals surface area contributed by atoms with Crippen molar-refractivity contribution in [1.29, 1.82) is 0 Å². The molecule has 2 heterocycles. The zero-order valence-electron chi connectivity index (χ0n) is 18.3. The molecule has 2 aliphatic heterocycles. The van der Waals surface area contributed by atoms with E-state index in [2.05, 4.69) is 0 Å². The highest BCUT2D eigenvalue weighted by atomic mass is 16.5. The first-order valence-electron chi connectivity index (χ1n) is 11.2. The fourth-order valence-corrected chi connectivity index (χ4v) is 4.21. The Bertz CT molecular complexity index is 962. The quantitative estimate of drug-likeness (QED) is 0.592. The Balaban J connectivity index is 1.22. The van der Waals surface area contributed by atoms with Crippen molar-refractivity contribution in [2.45, 2.75) is 38.7 Å². The van der Waals surface area contributed by atoms with Crippen LogP contribution in [0.15, 0.2) is 48.5 Å². The number of nitrogens with zero attached hydrogens (tertiary/aromatic N) is 2. The van der Waals surface area contributed by atoms with Gasteiger partial charge in [0.05, 0.1) is 17.7 Å². The topological polar surface area (TPSA) is 76.2 Å². The van der Waals surface area contributed by atoms with E-state index in [4.69, 9.17) is 9.47 Å². The number of benzene rings is 2. The number of rotatable bonds is 8. The first-order valence-corrected chi connectivity index (χ1v) is 11.2. The molecule has 2 aromatic carbocycles. The first kappa shape index (κ1) is 21.9. The van der Waals surface area contributed by atoms with E-state index in [1.807, 2.05) is 36.1 Å². The largest absolute Gasteiger partial charge is 0.490 e. The number of likely N-dealkylation sites (tertiary alicyclic amines) is 1. The zero-order chi connectivity index (χ0) is 22.5. The zero-order valence-corrected chi connectivity index (χ0v) is 18.3. The maximum Gasteiger partial charge on any atom is 0.261 e. The molecule has 0 radical (unpaired) electrons. The van der Waals surface area contributed by atoms with Crippen molar-refractivity contribution in [2.24, 2.45) is 0 Å². The van der Waals surface area contributed by atoms with Crippen LogP contribution in [-0.4, -0.2) is 59.9 Å². The number of fused-ring (bicyclic) bond motifs is 1. The van der Waals surface area contributed by atoms with Gasteiger partial charge < -0.3 is 14.4 Å². The molecule has 32 heavy (non-hydrogen) atoms. The van der Waals surface area contributed by atoms with E-state index in [0.29, 0.717) is 43.7 Å². The van der Waals surface area contributed by atoms with Crippen molar-refractivity contribution in [3.8, 4) is 11.5 Å². The normalized spacial score (nSPS) is 16.3. The van der Waals surface area contributed by atoms with Gasteiger partial charge in [0.2, 0.25) is 5.91 Å². The number of hydrogen-bond acceptors (Lipinski definition) is 5. The summed E-state index contributed by atoms with van der Waals surface area (Å²) in [7, 11) is 0. The maximum absolute atomic E-state index is 12.6. The Labute approximate surface area is 187 Å². The fraction of sp³-hybridized carbons (Fsp3) is 0.400. The highest BCUT2D eigenvalue weighted by molar-refractivity contribution is 6.21. The number of piperidine rings is 1. The molecule has 7 heteroatoms. The Hall–Kier alpha value is -3.35. The molecule has 2 aromatic rings. The average Bonchev–Trinajstić information content (AvgIpc) is 3.06. The average molecular weight is 437 g/mol. The van der Waals surface area contributed by atoms with E-state index in [9.17, 15) is 14.4 Å². The van der Waals surface area contributed by atoms with Crippen molar-refractivity contribution in [3.05, 3.63) is 59.7 Å². The summed E-state index contributed by atoms with van der Waals surface area (Å²) in [4.78, 5) is 40.6. The maximum atomic E-state index is 12.6. The Morgan fingerprint density at radius 1 is 0.938 bits per heavy atom. The summed E-state index contributed by atoms with van der Waals surface area (Å²) in [6.45, 7) is 4.04. The van der Waals surface area contributed by atoms with Crippen LogP contribution >= 0.6 is 0 Å². The summed E-state index contributed by atoms with van der Waals surface area (Å²) >= 11 is 0. The smallest absolute Gasteiger partial charge is 0.261 e. The molecule has 4 rings (SSSR count). The molecule has 0 bridgehead atoms. The minimum Gasteiger partial charge on any atom is -0.490 e. The number of amides is 3. The molecule has 0 saturated carbocycles. The fourth-order valence-electron chi connectivity index (χ4n) is 4.21. The number of carbonyl (C=O) groups is 3. The summed E-state index contributed by atoms with van der Waals surface area (Å²) < 4.78 is 11.7. The molecule has 1 saturated heterocycles. The predicted octanol–water partition coefficient (Wildman–Crippen LogP) is 3.53. The minimum atomic E-state index is -0.275. The molecular weight excluding hydrogens is 408 g/mol. The van der Waals surface area contributed by atoms with Gasteiger partial charge in [0.15, 0.2) is 11.5 Å². The molecule has 3 amide bonds. The molecule has 0 aromatic heterocycles. The van der Waals surface area contributed by atoms with Gasteiger partial charge in [-0.3, -0.25) is 19.3 Å². The van der Waals surface area contributed by atoms with Crippen LogP contribution in [0.2, 0.25) is 0 Å². The molecule has 0 aliphatic carbocycles. The summed E-state index contributed by atoms with van der Waals surface area (Å²) in [5.74, 6) is 0.975. The minimum absolute atomic E-state index is 0.0407. The van der Waals surface area contributed by atoms with Crippen LogP contribution in [0.25, 0.3) is 0 Å². The van der Waals surface area contributed by atoms with Crippen molar-refractivity contribution in [3.63, 3.8) is 0 Å². The van der Waals surface area contributed by atoms with Crippen molar-refractivity contribution >= 4 is 17.7 Å². The molecule has 2 aliphatic rings. The molecule has 0 unspecified atom stereocenters. The summed E-state index contributed by atoms with van der Waals surface area (Å²) in [6.07, 6.45) is 2.32. The number of imide groups is 1. The van der Waals surface area contributed by atoms with Gasteiger partial charge in [-0.2, -0.15) is 0 Å². The highest BCUT2D eigenvalue weighted by Gasteiger charge is 2.34. The second-order valence-electron chi connectivity index (χ2n) is 7.99. The van der Waals surface area contributed by atoms with E-state index in [1.165, 1.54) is 4.90 Å². The first-order chi connectivity index (χ1) is 15.6. The second kappa shape index (κ2) is 9.85. The van der Waals surface area contributed by atoms with Crippen LogP contribution in [-0.2, 0) is 4.79 Å². The Morgan fingerprint density at radius 2 is 1.53 bits per heavy atom. The lowest BCUT2D eigenvalue weighted by Crippen LogP contribution is -2.42. The van der Waals surface area contributed by atoms with Gasteiger partial charge in [-0.05, 0) is 37.6 Å². The molecule has 168 valence electrons. The van der Waals surface area contributed by atoms with E-state index in [-0.39, 0.29) is 30.4 Å². The Kier molecular flexibility index (Phi) is 6.73. The van der Waals surface area contributed by atoms with Gasteiger partial charge in [0.1, 0.15) is 6.10 Å². The van der Waals surface area contributed by atoms with Crippen LogP contribution in [0.4, 0.5) is 0 Å². The van der Waals surface area contributed by atoms with Crippen molar-refractivity contribution in [2.75, 3.05) is 26.2 Å². The third-order valence-electron chi connectivity index (χ3n) is 5.89. The van der Waals surface area contributed by atoms with Gasteiger partial charge >= 0.3 is 0 Å². The third kappa shape index (κ3) is 4.61. The Morgan fingerprint density at radius 3 is 2.16 bits per heavy atom. The van der Waals surface area contributed by atoms with Gasteiger partial charge in [-0.15, -0.1) is 0 Å². The lowest BCUT2D eigenvalue weighted by Gasteiger charge is -2.32. The predicted molar refractivity (Wildman–Crippen MR) is 119 cm³/mol. The second-order valence-corrected chi connectivity index (χ2v) is 7.99. The SMILES string of the molecule is CCOc1ccccc1OC1CCN(C(=O)CCCN2C(=O)c3ccccc3C2=O)CC1. The van der Waals surface area contributed by atoms with Crippen LogP contribution in [0.3, 0.4) is 0 Å². The van der Waals surface area contributed by atoms with E-state index in [1.54, 1.807) is 24.3 Å². The summed E-state index contributed by atoms with van der Waals surface area (Å²) in [5, 5.41) is 0. The van der Waals surface area contributed by atoms with Crippen LogP contribution in [0.1, 0.15) is 53.3 Å². The van der Waals surface area contributed by atoms with Crippen LogP contribution in [0.5, 0.6) is 11.5 Å². The molecular formula is C25H28N2O5. The number of para-hydroxylation sites is 2. The summed E-state index contributed by atoms with van der Waals surface area (Å²) in [5.41, 5.74) is 0.883. The standard InChI is InChI=1S/C25H28N2O5/c1-2-31-21-10-5-6-11-22(21)32-18-13-16-26(17-14-18)23(28)12-7-15-27-24(29)19-8-3-4-9-20(19)25(27)30/h3-6,8-11,18H,2,7,12-17H2,1H3. The number of hydrogen-bond donors (Lipinski definition) is 0. The molecule has 1 fully saturated rings. The van der Waals surface area contributed by atoms with Gasteiger partial charge in [0.25, 0.3) is 11.8 Å². The van der Waals surface area contributed by atoms with E-state index < -0.39 is 0 Å². The van der Waals surface area contributed by atoms with Crippen molar-refractivity contribution in [1.82, 2.24) is 9.80 Å². The van der Waals surface area contributed by atoms with Crippen LogP contribution < -0.4 is 9.47 Å². The molecule has 0 atom stereocenters. The number of carbonyl (C=O) groups excluding carboxylic acids is 3. The van der Waals surface area contributed by atoms with Gasteiger partial charge in [-0.1, -0.05) is 24.3 Å². The lowest BCUT2D eigenvalue weighted by molar-refractivity contribution is -0.133. The van der Waals surface area contributed by atoms with Gasteiger partial charge in [-0.25, -0.2) is 0 Å². The monoisotopic (exact) mass is 436 g/mol. The van der Waals surface area contributed by atoms with E-state index >= 15 is 0 Å². The van der Waals surface area contributed by atoms with Crippen LogP contribution in [0, 0.1) is 0 Å². The number of ether oxygens (including phenoxy) is 2. The molecule has 0 N–H and O–H groups in total. The highest BCUT2D eigenvalue weighted by Crippen LogP contribution is 2.29. The lowest BCUT2D eigenvalue weighted by atomic mass is 10.1. The third-order valence-corrected chi connectivity index (χ3v) is 5.89. The van der Waals surface area contributed by atoms with Gasteiger partial charge in [0, 0.05) is 38.9 Å². The molecule has 0 spiro atoms.